The lowest BCUT2D eigenvalue weighted by Crippen LogP contribution is -2.44. The first kappa shape index (κ1) is 22.4. The van der Waals surface area contributed by atoms with Crippen LogP contribution in [0.5, 0.6) is 0 Å². The number of carbonyl (C=O) groups is 2. The predicted molar refractivity (Wildman–Crippen MR) is 101 cm³/mol. The number of aromatic carboxylic acids is 1. The highest BCUT2D eigenvalue weighted by atomic mass is 32.1. The van der Waals surface area contributed by atoms with Gasteiger partial charge in [-0.05, 0) is 33.6 Å². The standard InChI is InChI=1S/C18H30N2O5S/c1-8-24-14(15-19-12(10-26-15)16(21)22)9-13(11(2)3)20(7)17(23)25-18(4,5)6/h10-11,13-14H,8-9H2,1-7H3,(H,21,22)/t13-,14+/m1/s1. The van der Waals surface area contributed by atoms with Gasteiger partial charge in [-0.3, -0.25) is 0 Å². The van der Waals surface area contributed by atoms with E-state index in [0.717, 1.165) is 0 Å². The summed E-state index contributed by atoms with van der Waals surface area (Å²) in [6.45, 7) is 11.9. The number of ether oxygens (including phenoxy) is 2. The monoisotopic (exact) mass is 386 g/mol. The van der Waals surface area contributed by atoms with Gasteiger partial charge in [0.15, 0.2) is 5.69 Å². The Hall–Kier alpha value is -1.67. The summed E-state index contributed by atoms with van der Waals surface area (Å²) >= 11 is 1.26. The third kappa shape index (κ3) is 6.57. The van der Waals surface area contributed by atoms with E-state index in [2.05, 4.69) is 4.98 Å². The zero-order valence-electron chi connectivity index (χ0n) is 16.6. The highest BCUT2D eigenvalue weighted by Crippen LogP contribution is 2.30. The number of carboxylic acids is 1. The van der Waals surface area contributed by atoms with Crippen molar-refractivity contribution < 1.29 is 24.2 Å². The largest absolute Gasteiger partial charge is 0.476 e. The zero-order valence-corrected chi connectivity index (χ0v) is 17.4. The van der Waals surface area contributed by atoms with Crippen LogP contribution in [0.25, 0.3) is 0 Å². The normalized spacial score (nSPS) is 14.2. The van der Waals surface area contributed by atoms with E-state index in [1.807, 2.05) is 41.5 Å². The van der Waals surface area contributed by atoms with Crippen molar-refractivity contribution in [3.05, 3.63) is 16.1 Å². The molecule has 148 valence electrons. The molecule has 1 aromatic rings. The fourth-order valence-electron chi connectivity index (χ4n) is 2.54. The molecule has 26 heavy (non-hydrogen) atoms. The topological polar surface area (TPSA) is 89.0 Å². The molecule has 1 heterocycles. The SMILES string of the molecule is CCO[C@@H](C[C@H](C(C)C)N(C)C(=O)OC(C)(C)C)c1nc(C(=O)O)cs1. The molecule has 0 aliphatic heterocycles. The van der Waals surface area contributed by atoms with Crippen molar-refractivity contribution in [3.63, 3.8) is 0 Å². The Labute approximate surface area is 159 Å². The number of carboxylic acid groups (broad SMARTS) is 1. The Bertz CT molecular complexity index is 609. The molecular weight excluding hydrogens is 356 g/mol. The summed E-state index contributed by atoms with van der Waals surface area (Å²) in [4.78, 5) is 29.3. The van der Waals surface area contributed by atoms with Crippen LogP contribution in [0.4, 0.5) is 4.79 Å². The maximum absolute atomic E-state index is 12.4. The molecule has 0 aliphatic carbocycles. The number of amides is 1. The van der Waals surface area contributed by atoms with Crippen molar-refractivity contribution in [3.8, 4) is 0 Å². The summed E-state index contributed by atoms with van der Waals surface area (Å²) in [7, 11) is 1.71. The van der Waals surface area contributed by atoms with E-state index >= 15 is 0 Å². The van der Waals surface area contributed by atoms with Crippen LogP contribution in [0.15, 0.2) is 5.38 Å². The molecule has 0 aliphatic rings. The number of hydrogen-bond donors (Lipinski definition) is 1. The fourth-order valence-corrected chi connectivity index (χ4v) is 3.39. The van der Waals surface area contributed by atoms with E-state index in [1.165, 1.54) is 16.7 Å². The Balaban J connectivity index is 2.99. The van der Waals surface area contributed by atoms with Crippen LogP contribution in [0.3, 0.4) is 0 Å². The third-order valence-electron chi connectivity index (χ3n) is 3.79. The van der Waals surface area contributed by atoms with Gasteiger partial charge in [-0.25, -0.2) is 14.6 Å². The summed E-state index contributed by atoms with van der Waals surface area (Å²) in [6.07, 6.45) is -0.263. The molecule has 8 heteroatoms. The van der Waals surface area contributed by atoms with E-state index in [0.29, 0.717) is 18.0 Å². The molecule has 1 aromatic heterocycles. The molecule has 0 bridgehead atoms. The Kier molecular flexibility index (Phi) is 8.02. The smallest absolute Gasteiger partial charge is 0.410 e. The average Bonchev–Trinajstić information content (AvgIpc) is 2.98. The van der Waals surface area contributed by atoms with Gasteiger partial charge in [-0.15, -0.1) is 11.3 Å². The van der Waals surface area contributed by atoms with Gasteiger partial charge in [-0.2, -0.15) is 0 Å². The molecule has 0 unspecified atom stereocenters. The lowest BCUT2D eigenvalue weighted by atomic mass is 9.96. The first-order valence-corrected chi connectivity index (χ1v) is 9.60. The lowest BCUT2D eigenvalue weighted by Gasteiger charge is -2.34. The molecule has 0 fully saturated rings. The Morgan fingerprint density at radius 3 is 2.38 bits per heavy atom. The van der Waals surface area contributed by atoms with Gasteiger partial charge in [-0.1, -0.05) is 13.8 Å². The summed E-state index contributed by atoms with van der Waals surface area (Å²) in [6, 6.07) is -0.140. The van der Waals surface area contributed by atoms with Gasteiger partial charge < -0.3 is 19.5 Å². The second kappa shape index (κ2) is 9.32. The van der Waals surface area contributed by atoms with Crippen molar-refractivity contribution >= 4 is 23.4 Å². The van der Waals surface area contributed by atoms with Crippen molar-refractivity contribution in [2.24, 2.45) is 5.92 Å². The molecule has 7 nitrogen and oxygen atoms in total. The van der Waals surface area contributed by atoms with Crippen LogP contribution < -0.4 is 0 Å². The molecule has 0 radical (unpaired) electrons. The highest BCUT2D eigenvalue weighted by molar-refractivity contribution is 7.09. The number of rotatable bonds is 8. The molecule has 1 rings (SSSR count). The maximum atomic E-state index is 12.4. The van der Waals surface area contributed by atoms with Crippen molar-refractivity contribution in [1.82, 2.24) is 9.88 Å². The molecule has 1 amide bonds. The van der Waals surface area contributed by atoms with Crippen LogP contribution in [0, 0.1) is 5.92 Å². The van der Waals surface area contributed by atoms with Crippen molar-refractivity contribution in [2.45, 2.75) is 65.7 Å². The van der Waals surface area contributed by atoms with Gasteiger partial charge in [0, 0.05) is 31.5 Å². The third-order valence-corrected chi connectivity index (χ3v) is 4.73. The van der Waals surface area contributed by atoms with Gasteiger partial charge in [0.05, 0.1) is 0 Å². The zero-order chi connectivity index (χ0) is 20.1. The van der Waals surface area contributed by atoms with Gasteiger partial charge >= 0.3 is 12.1 Å². The van der Waals surface area contributed by atoms with Crippen LogP contribution in [-0.4, -0.2) is 52.4 Å². The second-order valence-electron chi connectivity index (χ2n) is 7.46. The lowest BCUT2D eigenvalue weighted by molar-refractivity contribution is -0.000894. The number of nitrogens with zero attached hydrogens (tertiary/aromatic N) is 2. The van der Waals surface area contributed by atoms with E-state index in [4.69, 9.17) is 14.6 Å². The van der Waals surface area contributed by atoms with E-state index in [9.17, 15) is 9.59 Å². The summed E-state index contributed by atoms with van der Waals surface area (Å²) in [5, 5.41) is 11.2. The molecule has 0 aromatic carbocycles. The summed E-state index contributed by atoms with van der Waals surface area (Å²) < 4.78 is 11.3. The van der Waals surface area contributed by atoms with Gasteiger partial charge in [0.1, 0.15) is 16.7 Å². The Morgan fingerprint density at radius 2 is 1.96 bits per heavy atom. The minimum atomic E-state index is -1.06. The summed E-state index contributed by atoms with van der Waals surface area (Å²) in [5.74, 6) is -0.900. The predicted octanol–water partition coefficient (Wildman–Crippen LogP) is 4.20. The minimum absolute atomic E-state index is 0.0105. The molecule has 0 spiro atoms. The van der Waals surface area contributed by atoms with E-state index < -0.39 is 17.7 Å². The van der Waals surface area contributed by atoms with Crippen LogP contribution in [0.1, 0.15) is 69.6 Å². The maximum Gasteiger partial charge on any atom is 0.410 e. The van der Waals surface area contributed by atoms with E-state index in [1.54, 1.807) is 11.9 Å². The second-order valence-corrected chi connectivity index (χ2v) is 8.35. The van der Waals surface area contributed by atoms with Crippen LogP contribution in [-0.2, 0) is 9.47 Å². The summed E-state index contributed by atoms with van der Waals surface area (Å²) in [5.41, 5.74) is -0.561. The minimum Gasteiger partial charge on any atom is -0.476 e. The fraction of sp³-hybridized carbons (Fsp3) is 0.722. The molecular formula is C18H30N2O5S. The van der Waals surface area contributed by atoms with Crippen LogP contribution >= 0.6 is 11.3 Å². The van der Waals surface area contributed by atoms with Gasteiger partial charge in [0.25, 0.3) is 0 Å². The van der Waals surface area contributed by atoms with E-state index in [-0.39, 0.29) is 23.8 Å². The molecule has 0 saturated carbocycles. The first-order valence-electron chi connectivity index (χ1n) is 8.72. The number of aromatic nitrogens is 1. The van der Waals surface area contributed by atoms with Crippen molar-refractivity contribution in [1.29, 1.82) is 0 Å². The molecule has 2 atom stereocenters. The Morgan fingerprint density at radius 1 is 1.35 bits per heavy atom. The van der Waals surface area contributed by atoms with Gasteiger partial charge in [0.2, 0.25) is 0 Å². The number of thiazole rings is 1. The van der Waals surface area contributed by atoms with Crippen LogP contribution in [0.2, 0.25) is 0 Å². The quantitative estimate of drug-likeness (QED) is 0.720. The molecule has 0 saturated heterocycles. The number of carbonyl (C=O) groups excluding carboxylic acids is 1. The molecule has 1 N–H and O–H groups in total. The average molecular weight is 387 g/mol. The number of hydrogen-bond acceptors (Lipinski definition) is 6. The van der Waals surface area contributed by atoms with Crippen molar-refractivity contribution in [2.75, 3.05) is 13.7 Å². The highest BCUT2D eigenvalue weighted by Gasteiger charge is 2.31. The first-order chi connectivity index (χ1) is 12.0.